The van der Waals surface area contributed by atoms with E-state index >= 15 is 0 Å². The SMILES string of the molecule is C[n+]1[c-]c(-c2cccc3c2oc2c3ccc3ccc4ccccc4c32)ccc1. The van der Waals surface area contributed by atoms with E-state index in [0.717, 1.165) is 33.1 Å². The van der Waals surface area contributed by atoms with Gasteiger partial charge < -0.3 is 4.42 Å². The van der Waals surface area contributed by atoms with Gasteiger partial charge in [-0.3, -0.25) is 4.57 Å². The molecule has 2 aromatic heterocycles. The number of fused-ring (bicyclic) bond motifs is 7. The zero-order valence-corrected chi connectivity index (χ0v) is 15.4. The van der Waals surface area contributed by atoms with Crippen molar-refractivity contribution in [3.05, 3.63) is 91.3 Å². The number of rotatable bonds is 1. The van der Waals surface area contributed by atoms with Crippen LogP contribution in [0.1, 0.15) is 0 Å². The van der Waals surface area contributed by atoms with E-state index in [1.165, 1.54) is 21.5 Å². The van der Waals surface area contributed by atoms with Crippen LogP contribution in [0.25, 0.3) is 54.6 Å². The number of furan rings is 1. The first-order chi connectivity index (χ1) is 13.8. The highest BCUT2D eigenvalue weighted by Gasteiger charge is 2.14. The summed E-state index contributed by atoms with van der Waals surface area (Å²) in [4.78, 5) is 0. The monoisotopic (exact) mass is 359 g/mol. The summed E-state index contributed by atoms with van der Waals surface area (Å²) in [5.41, 5.74) is 3.97. The van der Waals surface area contributed by atoms with E-state index in [2.05, 4.69) is 79.0 Å². The maximum absolute atomic E-state index is 6.57. The fraction of sp³-hybridized carbons (Fsp3) is 0.0385. The second-order valence-electron chi connectivity index (χ2n) is 7.26. The normalized spacial score (nSPS) is 11.8. The lowest BCUT2D eigenvalue weighted by molar-refractivity contribution is -0.675. The molecule has 2 heteroatoms. The van der Waals surface area contributed by atoms with Gasteiger partial charge in [0.25, 0.3) is 0 Å². The molecular formula is C26H17NO. The molecule has 6 rings (SSSR count). The van der Waals surface area contributed by atoms with Crippen LogP contribution in [-0.4, -0.2) is 0 Å². The molecule has 0 bridgehead atoms. The number of hydrogen-bond donors (Lipinski definition) is 0. The molecule has 0 fully saturated rings. The first kappa shape index (κ1) is 15.4. The Hall–Kier alpha value is -3.65. The standard InChI is InChI=1S/C26H17NO/c1-27-15-5-7-19(16-27)21-9-4-10-22-23-14-13-18-12-11-17-6-2-3-8-20(17)24(18)26(23)28-25(21)22/h2-15H,1H3. The molecule has 0 aliphatic carbocycles. The van der Waals surface area contributed by atoms with Crippen molar-refractivity contribution in [3.8, 4) is 11.1 Å². The van der Waals surface area contributed by atoms with Crippen LogP contribution in [0.15, 0.2) is 89.5 Å². The van der Waals surface area contributed by atoms with Crippen molar-refractivity contribution in [1.82, 2.24) is 0 Å². The first-order valence-electron chi connectivity index (χ1n) is 9.44. The van der Waals surface area contributed by atoms with E-state index < -0.39 is 0 Å². The Morgan fingerprint density at radius 1 is 0.679 bits per heavy atom. The minimum Gasteiger partial charge on any atom is -0.465 e. The fourth-order valence-electron chi connectivity index (χ4n) is 4.24. The third-order valence-electron chi connectivity index (χ3n) is 5.53. The first-order valence-corrected chi connectivity index (χ1v) is 9.44. The Kier molecular flexibility index (Phi) is 3.12. The predicted octanol–water partition coefficient (Wildman–Crippen LogP) is 6.18. The van der Waals surface area contributed by atoms with E-state index in [-0.39, 0.29) is 0 Å². The van der Waals surface area contributed by atoms with E-state index in [0.29, 0.717) is 0 Å². The highest BCUT2D eigenvalue weighted by atomic mass is 16.3. The Morgan fingerprint density at radius 3 is 2.39 bits per heavy atom. The number of para-hydroxylation sites is 1. The highest BCUT2D eigenvalue weighted by molar-refractivity contribution is 6.23. The van der Waals surface area contributed by atoms with Gasteiger partial charge in [0.05, 0.1) is 6.20 Å². The Bertz CT molecular complexity index is 1520. The average molecular weight is 359 g/mol. The molecule has 0 aliphatic rings. The molecule has 2 nitrogen and oxygen atoms in total. The zero-order chi connectivity index (χ0) is 18.7. The average Bonchev–Trinajstić information content (AvgIpc) is 3.12. The number of pyridine rings is 1. The van der Waals surface area contributed by atoms with Crippen LogP contribution in [0, 0.1) is 6.20 Å². The lowest BCUT2D eigenvalue weighted by Gasteiger charge is -2.07. The summed E-state index contributed by atoms with van der Waals surface area (Å²) >= 11 is 0. The largest absolute Gasteiger partial charge is 0.465 e. The summed E-state index contributed by atoms with van der Waals surface area (Å²) in [6.07, 6.45) is 5.37. The lowest BCUT2D eigenvalue weighted by atomic mass is 9.99. The van der Waals surface area contributed by atoms with Gasteiger partial charge in [0.2, 0.25) is 0 Å². The molecule has 4 aromatic carbocycles. The van der Waals surface area contributed by atoms with Crippen molar-refractivity contribution in [1.29, 1.82) is 0 Å². The summed E-state index contributed by atoms with van der Waals surface area (Å²) in [6, 6.07) is 27.7. The maximum Gasteiger partial charge on any atom is 0.153 e. The van der Waals surface area contributed by atoms with Gasteiger partial charge in [0.15, 0.2) is 6.20 Å². The van der Waals surface area contributed by atoms with Crippen LogP contribution in [0.3, 0.4) is 0 Å². The Morgan fingerprint density at radius 2 is 1.46 bits per heavy atom. The van der Waals surface area contributed by atoms with Crippen molar-refractivity contribution >= 4 is 43.5 Å². The molecule has 2 heterocycles. The fourth-order valence-corrected chi connectivity index (χ4v) is 4.24. The molecule has 0 amide bonds. The summed E-state index contributed by atoms with van der Waals surface area (Å²) in [5.74, 6) is 0. The van der Waals surface area contributed by atoms with E-state index in [4.69, 9.17) is 4.42 Å². The van der Waals surface area contributed by atoms with Gasteiger partial charge in [-0.1, -0.05) is 77.9 Å². The van der Waals surface area contributed by atoms with Crippen molar-refractivity contribution < 1.29 is 8.98 Å². The second-order valence-corrected chi connectivity index (χ2v) is 7.26. The third-order valence-corrected chi connectivity index (χ3v) is 5.53. The van der Waals surface area contributed by atoms with Gasteiger partial charge >= 0.3 is 0 Å². The van der Waals surface area contributed by atoms with Crippen LogP contribution in [0.5, 0.6) is 0 Å². The van der Waals surface area contributed by atoms with Crippen molar-refractivity contribution in [2.75, 3.05) is 0 Å². The summed E-state index contributed by atoms with van der Waals surface area (Å²) < 4.78 is 8.51. The number of hydrogen-bond acceptors (Lipinski definition) is 1. The van der Waals surface area contributed by atoms with Crippen LogP contribution >= 0.6 is 0 Å². The molecule has 0 N–H and O–H groups in total. The number of aromatic nitrogens is 1. The minimum absolute atomic E-state index is 0.917. The van der Waals surface area contributed by atoms with E-state index in [1.807, 2.05) is 23.9 Å². The van der Waals surface area contributed by atoms with Crippen LogP contribution < -0.4 is 4.57 Å². The van der Waals surface area contributed by atoms with E-state index in [9.17, 15) is 0 Å². The van der Waals surface area contributed by atoms with Gasteiger partial charge in [-0.2, -0.15) is 0 Å². The molecule has 0 aliphatic heterocycles. The van der Waals surface area contributed by atoms with Crippen LogP contribution in [-0.2, 0) is 7.05 Å². The minimum atomic E-state index is 0.917. The Balaban J connectivity index is 1.79. The molecule has 28 heavy (non-hydrogen) atoms. The molecular weight excluding hydrogens is 342 g/mol. The molecule has 132 valence electrons. The van der Waals surface area contributed by atoms with Gasteiger partial charge in [-0.05, 0) is 22.2 Å². The highest BCUT2D eigenvalue weighted by Crippen LogP contribution is 2.40. The number of benzene rings is 4. The maximum atomic E-state index is 6.57. The van der Waals surface area contributed by atoms with Crippen molar-refractivity contribution in [3.63, 3.8) is 0 Å². The van der Waals surface area contributed by atoms with Gasteiger partial charge in [0, 0.05) is 16.2 Å². The topological polar surface area (TPSA) is 17.0 Å². The smallest absolute Gasteiger partial charge is 0.153 e. The number of nitrogens with zero attached hydrogens (tertiary/aromatic N) is 1. The molecule has 0 radical (unpaired) electrons. The van der Waals surface area contributed by atoms with Gasteiger partial charge in [0.1, 0.15) is 18.2 Å². The summed E-state index contributed by atoms with van der Waals surface area (Å²) in [7, 11) is 1.99. The van der Waals surface area contributed by atoms with Crippen LogP contribution in [0.2, 0.25) is 0 Å². The van der Waals surface area contributed by atoms with E-state index in [1.54, 1.807) is 0 Å². The van der Waals surface area contributed by atoms with Gasteiger partial charge in [-0.25, -0.2) is 0 Å². The number of aryl methyl sites for hydroxylation is 1. The molecule has 0 atom stereocenters. The molecule has 0 saturated heterocycles. The van der Waals surface area contributed by atoms with Crippen LogP contribution in [0.4, 0.5) is 0 Å². The molecule has 0 unspecified atom stereocenters. The van der Waals surface area contributed by atoms with Crippen molar-refractivity contribution in [2.24, 2.45) is 7.05 Å². The Labute approximate surface area is 162 Å². The molecule has 0 spiro atoms. The predicted molar refractivity (Wildman–Crippen MR) is 114 cm³/mol. The quantitative estimate of drug-likeness (QED) is 0.194. The zero-order valence-electron chi connectivity index (χ0n) is 15.4. The van der Waals surface area contributed by atoms with Crippen molar-refractivity contribution in [2.45, 2.75) is 0 Å². The summed E-state index contributed by atoms with van der Waals surface area (Å²) in [5, 5.41) is 7.13. The lowest BCUT2D eigenvalue weighted by Crippen LogP contribution is -2.26. The summed E-state index contributed by atoms with van der Waals surface area (Å²) in [6.45, 7) is 0. The second kappa shape index (κ2) is 5.67. The van der Waals surface area contributed by atoms with Gasteiger partial charge in [-0.15, -0.1) is 6.07 Å². The third kappa shape index (κ3) is 2.12. The molecule has 6 aromatic rings. The molecule has 0 saturated carbocycles.